The molecule has 0 bridgehead atoms. The molecular formula is C47H80O6. The normalized spacial score (nSPS) is 12.6. The number of rotatable bonds is 38. The predicted molar refractivity (Wildman–Crippen MR) is 224 cm³/mol. The van der Waals surface area contributed by atoms with Crippen molar-refractivity contribution >= 4 is 17.9 Å². The summed E-state index contributed by atoms with van der Waals surface area (Å²) >= 11 is 0. The molecule has 0 aromatic rings. The van der Waals surface area contributed by atoms with Gasteiger partial charge in [0.1, 0.15) is 13.2 Å². The molecule has 0 amide bonds. The van der Waals surface area contributed by atoms with Crippen LogP contribution in [0.3, 0.4) is 0 Å². The molecule has 0 rings (SSSR count). The molecule has 0 spiro atoms. The van der Waals surface area contributed by atoms with Crippen LogP contribution in [-0.4, -0.2) is 37.2 Å². The summed E-state index contributed by atoms with van der Waals surface area (Å²) in [6.45, 7) is 6.38. The Labute approximate surface area is 326 Å². The second-order valence-electron chi connectivity index (χ2n) is 14.3. The molecule has 0 fully saturated rings. The zero-order valence-electron chi connectivity index (χ0n) is 34.5. The van der Waals surface area contributed by atoms with Crippen LogP contribution in [-0.2, 0) is 28.6 Å². The van der Waals surface area contributed by atoms with Gasteiger partial charge in [-0.2, -0.15) is 0 Å². The monoisotopic (exact) mass is 741 g/mol. The van der Waals surface area contributed by atoms with Crippen LogP contribution in [0.2, 0.25) is 0 Å². The van der Waals surface area contributed by atoms with Crippen LogP contribution in [0.1, 0.15) is 201 Å². The van der Waals surface area contributed by atoms with Crippen molar-refractivity contribution in [2.75, 3.05) is 13.2 Å². The quantitative estimate of drug-likeness (QED) is 0.0206. The smallest absolute Gasteiger partial charge is 0.306 e. The topological polar surface area (TPSA) is 78.9 Å². The van der Waals surface area contributed by atoms with Gasteiger partial charge in [0.05, 0.1) is 0 Å². The first-order chi connectivity index (χ1) is 26.0. The number of carbonyl (C=O) groups excluding carboxylic acids is 3. The average Bonchev–Trinajstić information content (AvgIpc) is 3.15. The summed E-state index contributed by atoms with van der Waals surface area (Å²) in [6, 6.07) is 0. The van der Waals surface area contributed by atoms with Crippen LogP contribution >= 0.6 is 0 Å². The van der Waals surface area contributed by atoms with E-state index in [4.69, 9.17) is 14.2 Å². The van der Waals surface area contributed by atoms with Crippen molar-refractivity contribution in [3.63, 3.8) is 0 Å². The fraction of sp³-hybridized carbons (Fsp3) is 0.723. The molecule has 0 aromatic heterocycles. The minimum atomic E-state index is -0.797. The lowest BCUT2D eigenvalue weighted by Crippen LogP contribution is -2.30. The summed E-state index contributed by atoms with van der Waals surface area (Å²) in [7, 11) is 0. The summed E-state index contributed by atoms with van der Waals surface area (Å²) in [6.07, 6.45) is 49.3. The van der Waals surface area contributed by atoms with E-state index >= 15 is 0 Å². The van der Waals surface area contributed by atoms with E-state index in [2.05, 4.69) is 81.5 Å². The molecule has 6 nitrogen and oxygen atoms in total. The highest BCUT2D eigenvalue weighted by molar-refractivity contribution is 5.71. The molecule has 0 radical (unpaired) electrons. The van der Waals surface area contributed by atoms with Gasteiger partial charge in [-0.3, -0.25) is 14.4 Å². The number of allylic oxidation sites excluding steroid dienone is 10. The van der Waals surface area contributed by atoms with Gasteiger partial charge in [0, 0.05) is 19.3 Å². The summed E-state index contributed by atoms with van der Waals surface area (Å²) < 4.78 is 16.6. The van der Waals surface area contributed by atoms with Gasteiger partial charge in [0.15, 0.2) is 6.10 Å². The van der Waals surface area contributed by atoms with Gasteiger partial charge in [0.25, 0.3) is 0 Å². The Kier molecular flexibility index (Phi) is 39.6. The number of unbranched alkanes of at least 4 members (excludes halogenated alkanes) is 19. The largest absolute Gasteiger partial charge is 0.462 e. The summed E-state index contributed by atoms with van der Waals surface area (Å²) in [4.78, 5) is 37.6. The second kappa shape index (κ2) is 41.9. The highest BCUT2D eigenvalue weighted by Crippen LogP contribution is 2.12. The molecule has 0 heterocycles. The van der Waals surface area contributed by atoms with Crippen LogP contribution in [0, 0.1) is 0 Å². The molecule has 0 aromatic carbocycles. The lowest BCUT2D eigenvalue weighted by Gasteiger charge is -2.18. The van der Waals surface area contributed by atoms with Crippen molar-refractivity contribution in [2.45, 2.75) is 207 Å². The number of hydrogen-bond donors (Lipinski definition) is 0. The Morgan fingerprint density at radius 3 is 1.30 bits per heavy atom. The van der Waals surface area contributed by atoms with Gasteiger partial charge in [-0.15, -0.1) is 0 Å². The van der Waals surface area contributed by atoms with E-state index in [0.29, 0.717) is 25.7 Å². The minimum absolute atomic E-state index is 0.100. The van der Waals surface area contributed by atoms with Crippen LogP contribution in [0.4, 0.5) is 0 Å². The van der Waals surface area contributed by atoms with Gasteiger partial charge in [-0.1, -0.05) is 159 Å². The van der Waals surface area contributed by atoms with E-state index in [1.807, 2.05) is 0 Å². The lowest BCUT2D eigenvalue weighted by atomic mass is 10.1. The first-order valence-electron chi connectivity index (χ1n) is 21.8. The van der Waals surface area contributed by atoms with Gasteiger partial charge < -0.3 is 14.2 Å². The van der Waals surface area contributed by atoms with E-state index < -0.39 is 6.10 Å². The molecule has 0 aliphatic carbocycles. The van der Waals surface area contributed by atoms with E-state index in [-0.39, 0.29) is 31.1 Å². The summed E-state index contributed by atoms with van der Waals surface area (Å²) in [5.74, 6) is -0.978. The van der Waals surface area contributed by atoms with Crippen LogP contribution in [0.5, 0.6) is 0 Å². The molecule has 0 N–H and O–H groups in total. The van der Waals surface area contributed by atoms with Crippen molar-refractivity contribution in [1.29, 1.82) is 0 Å². The van der Waals surface area contributed by atoms with Gasteiger partial charge in [0.2, 0.25) is 0 Å². The molecular weight excluding hydrogens is 661 g/mol. The van der Waals surface area contributed by atoms with Crippen molar-refractivity contribution in [3.8, 4) is 0 Å². The number of carbonyl (C=O) groups is 3. The van der Waals surface area contributed by atoms with Crippen LogP contribution < -0.4 is 0 Å². The second-order valence-corrected chi connectivity index (χ2v) is 14.3. The average molecular weight is 741 g/mol. The molecule has 6 heteroatoms. The lowest BCUT2D eigenvalue weighted by molar-refractivity contribution is -0.167. The third-order valence-corrected chi connectivity index (χ3v) is 9.04. The molecule has 0 aliphatic rings. The third kappa shape index (κ3) is 40.1. The Hall–Kier alpha value is -2.89. The highest BCUT2D eigenvalue weighted by Gasteiger charge is 2.19. The number of esters is 3. The number of hydrogen-bond acceptors (Lipinski definition) is 6. The first kappa shape index (κ1) is 50.1. The van der Waals surface area contributed by atoms with E-state index in [1.54, 1.807) is 0 Å². The fourth-order valence-corrected chi connectivity index (χ4v) is 5.73. The predicted octanol–water partition coefficient (Wildman–Crippen LogP) is 13.7. The van der Waals surface area contributed by atoms with E-state index in [9.17, 15) is 14.4 Å². The van der Waals surface area contributed by atoms with Crippen LogP contribution in [0.25, 0.3) is 0 Å². The summed E-state index contributed by atoms with van der Waals surface area (Å²) in [5.41, 5.74) is 0. The molecule has 304 valence electrons. The summed E-state index contributed by atoms with van der Waals surface area (Å²) in [5, 5.41) is 0. The Balaban J connectivity index is 4.46. The standard InChI is InChI=1S/C47H80O6/c1-4-7-10-13-16-19-21-23-25-28-31-34-37-40-46(49)52-43-44(42-51-45(48)39-36-33-30-27-18-15-12-9-6-3)53-47(50)41-38-35-32-29-26-24-22-20-17-14-11-8-5-2/h7,10,13,16,19,21,24,26-27,30,44H,4-6,8-9,11-12,14-15,17-18,20,22-23,25,28-29,31-43H2,1-3H3/b10-7-,16-13-,21-19-,26-24-,30-27-. The molecule has 1 atom stereocenters. The Bertz CT molecular complexity index is 991. The van der Waals surface area contributed by atoms with Gasteiger partial charge in [-0.05, 0) is 83.5 Å². The molecule has 53 heavy (non-hydrogen) atoms. The zero-order chi connectivity index (χ0) is 38.7. The van der Waals surface area contributed by atoms with Crippen LogP contribution in [0.15, 0.2) is 60.8 Å². The van der Waals surface area contributed by atoms with Gasteiger partial charge in [-0.25, -0.2) is 0 Å². The maximum Gasteiger partial charge on any atom is 0.306 e. The maximum absolute atomic E-state index is 12.7. The van der Waals surface area contributed by atoms with Crippen molar-refractivity contribution < 1.29 is 28.6 Å². The zero-order valence-corrected chi connectivity index (χ0v) is 34.5. The van der Waals surface area contributed by atoms with E-state index in [0.717, 1.165) is 89.9 Å². The molecule has 0 aliphatic heterocycles. The van der Waals surface area contributed by atoms with E-state index in [1.165, 1.54) is 64.2 Å². The van der Waals surface area contributed by atoms with Crippen molar-refractivity contribution in [3.05, 3.63) is 60.8 Å². The molecule has 0 saturated carbocycles. The Morgan fingerprint density at radius 1 is 0.396 bits per heavy atom. The fourth-order valence-electron chi connectivity index (χ4n) is 5.73. The highest BCUT2D eigenvalue weighted by atomic mass is 16.6. The Morgan fingerprint density at radius 2 is 0.774 bits per heavy atom. The van der Waals surface area contributed by atoms with Crippen molar-refractivity contribution in [1.82, 2.24) is 0 Å². The maximum atomic E-state index is 12.7. The molecule has 1 unspecified atom stereocenters. The minimum Gasteiger partial charge on any atom is -0.462 e. The van der Waals surface area contributed by atoms with Gasteiger partial charge >= 0.3 is 17.9 Å². The molecule has 0 saturated heterocycles. The number of ether oxygens (including phenoxy) is 3. The first-order valence-corrected chi connectivity index (χ1v) is 21.8. The third-order valence-electron chi connectivity index (χ3n) is 9.04. The van der Waals surface area contributed by atoms with Crippen molar-refractivity contribution in [2.24, 2.45) is 0 Å². The SMILES string of the molecule is CC\C=C/C=C\C=C/CCCCCCCC(=O)OCC(COC(=O)CCC/C=C\CCCCCC)OC(=O)CCCCC/C=C\CCCCCCCC.